The highest BCUT2D eigenvalue weighted by molar-refractivity contribution is 6.28. The fourth-order valence-electron chi connectivity index (χ4n) is 1.09. The number of aromatic nitrogens is 1. The third-order valence-corrected chi connectivity index (χ3v) is 1.92. The minimum Gasteiger partial charge on any atom is -0.448 e. The molecule has 5 heteroatoms. The van der Waals surface area contributed by atoms with Gasteiger partial charge in [0.15, 0.2) is 5.22 Å². The van der Waals surface area contributed by atoms with Crippen LogP contribution in [0, 0.1) is 0 Å². The summed E-state index contributed by atoms with van der Waals surface area (Å²) >= 11 is 5.62. The number of rotatable bonds is 4. The largest absolute Gasteiger partial charge is 0.448 e. The highest BCUT2D eigenvalue weighted by atomic mass is 35.5. The molecule has 4 nitrogen and oxygen atoms in total. The van der Waals surface area contributed by atoms with E-state index in [1.54, 1.807) is 12.3 Å². The molecule has 0 bridgehead atoms. The molecule has 2 rings (SSSR count). The first-order chi connectivity index (χ1) is 6.84. The van der Waals surface area contributed by atoms with Crippen LogP contribution in [0.25, 0.3) is 0 Å². The highest BCUT2D eigenvalue weighted by Crippen LogP contribution is 2.12. The molecule has 1 N–H and O–H groups in total. The summed E-state index contributed by atoms with van der Waals surface area (Å²) in [4.78, 5) is 0. The van der Waals surface area contributed by atoms with Crippen LogP contribution in [-0.2, 0) is 13.1 Å². The third-order valence-electron chi connectivity index (χ3n) is 1.72. The molecule has 74 valence electrons. The first kappa shape index (κ1) is 9.30. The molecule has 0 aliphatic rings. The maximum atomic E-state index is 5.62. The van der Waals surface area contributed by atoms with Crippen molar-refractivity contribution >= 4 is 11.6 Å². The van der Waals surface area contributed by atoms with Crippen molar-refractivity contribution in [2.75, 3.05) is 0 Å². The average Bonchev–Trinajstić information content (AvgIpc) is 2.77. The van der Waals surface area contributed by atoms with Gasteiger partial charge in [-0.1, -0.05) is 5.16 Å². The third kappa shape index (κ3) is 2.37. The number of hydrogen-bond donors (Lipinski definition) is 1. The molecule has 0 fully saturated rings. The van der Waals surface area contributed by atoms with Gasteiger partial charge in [-0.2, -0.15) is 0 Å². The second-order valence-electron chi connectivity index (χ2n) is 2.79. The highest BCUT2D eigenvalue weighted by Gasteiger charge is 2.00. The van der Waals surface area contributed by atoms with Crippen LogP contribution < -0.4 is 5.32 Å². The molecule has 0 aliphatic carbocycles. The van der Waals surface area contributed by atoms with E-state index < -0.39 is 0 Å². The lowest BCUT2D eigenvalue weighted by Crippen LogP contribution is -2.11. The van der Waals surface area contributed by atoms with Crippen molar-refractivity contribution < 1.29 is 8.94 Å². The van der Waals surface area contributed by atoms with Gasteiger partial charge in [0.2, 0.25) is 0 Å². The van der Waals surface area contributed by atoms with Gasteiger partial charge in [0.1, 0.15) is 11.5 Å². The minimum atomic E-state index is 0.404. The molecule has 14 heavy (non-hydrogen) atoms. The summed E-state index contributed by atoms with van der Waals surface area (Å²) in [6.45, 7) is 1.24. The quantitative estimate of drug-likeness (QED) is 0.844. The second-order valence-corrected chi connectivity index (χ2v) is 3.16. The summed E-state index contributed by atoms with van der Waals surface area (Å²) in [7, 11) is 0. The van der Waals surface area contributed by atoms with E-state index in [0.29, 0.717) is 18.3 Å². The van der Waals surface area contributed by atoms with Crippen LogP contribution in [-0.4, -0.2) is 5.16 Å². The Morgan fingerprint density at radius 3 is 2.71 bits per heavy atom. The van der Waals surface area contributed by atoms with Gasteiger partial charge < -0.3 is 14.3 Å². The lowest BCUT2D eigenvalue weighted by atomic mass is 10.4. The number of hydrogen-bond acceptors (Lipinski definition) is 4. The van der Waals surface area contributed by atoms with E-state index in [1.807, 2.05) is 12.1 Å². The Kier molecular flexibility index (Phi) is 2.86. The van der Waals surface area contributed by atoms with E-state index in [0.717, 1.165) is 11.5 Å². The summed E-state index contributed by atoms with van der Waals surface area (Å²) in [6.07, 6.45) is 1.61. The first-order valence-electron chi connectivity index (χ1n) is 4.19. The summed E-state index contributed by atoms with van der Waals surface area (Å²) in [5, 5.41) is 7.13. The van der Waals surface area contributed by atoms with Gasteiger partial charge in [0.25, 0.3) is 0 Å². The minimum absolute atomic E-state index is 0.404. The SMILES string of the molecule is Clc1ccc(CNCc2ccno2)o1. The Morgan fingerprint density at radius 1 is 1.21 bits per heavy atom. The molecule has 0 saturated carbocycles. The fourth-order valence-corrected chi connectivity index (χ4v) is 1.25. The molecule has 0 spiro atoms. The van der Waals surface area contributed by atoms with E-state index in [1.165, 1.54) is 0 Å². The maximum Gasteiger partial charge on any atom is 0.193 e. The second kappa shape index (κ2) is 4.30. The maximum absolute atomic E-state index is 5.62. The molecule has 0 aromatic carbocycles. The lowest BCUT2D eigenvalue weighted by Gasteiger charge is -1.97. The Bertz CT molecular complexity index is 383. The summed E-state index contributed by atoms with van der Waals surface area (Å²) < 4.78 is 10.1. The van der Waals surface area contributed by atoms with Crippen LogP contribution in [0.15, 0.2) is 33.3 Å². The number of nitrogens with one attached hydrogen (secondary N) is 1. The lowest BCUT2D eigenvalue weighted by molar-refractivity contribution is 0.369. The van der Waals surface area contributed by atoms with Crippen LogP contribution in [0.1, 0.15) is 11.5 Å². The van der Waals surface area contributed by atoms with Crippen molar-refractivity contribution in [1.82, 2.24) is 10.5 Å². The van der Waals surface area contributed by atoms with Gasteiger partial charge in [0, 0.05) is 6.07 Å². The molecule has 0 amide bonds. The monoisotopic (exact) mass is 212 g/mol. The van der Waals surface area contributed by atoms with Gasteiger partial charge in [-0.3, -0.25) is 0 Å². The van der Waals surface area contributed by atoms with Gasteiger partial charge in [0.05, 0.1) is 19.3 Å². The molecular formula is C9H9ClN2O2. The van der Waals surface area contributed by atoms with E-state index in [2.05, 4.69) is 10.5 Å². The van der Waals surface area contributed by atoms with Gasteiger partial charge in [-0.05, 0) is 23.7 Å². The van der Waals surface area contributed by atoms with Crippen molar-refractivity contribution in [3.8, 4) is 0 Å². The zero-order valence-electron chi connectivity index (χ0n) is 7.37. The molecule has 2 aromatic heterocycles. The molecule has 0 unspecified atom stereocenters. The Labute approximate surface area is 85.8 Å². The van der Waals surface area contributed by atoms with E-state index in [4.69, 9.17) is 20.5 Å². The van der Waals surface area contributed by atoms with Gasteiger partial charge >= 0.3 is 0 Å². The van der Waals surface area contributed by atoms with Crippen LogP contribution in [0.4, 0.5) is 0 Å². The molecule has 0 atom stereocenters. The number of halogens is 1. The average molecular weight is 213 g/mol. The van der Waals surface area contributed by atoms with Crippen molar-refractivity contribution in [2.45, 2.75) is 13.1 Å². The zero-order chi connectivity index (χ0) is 9.80. The Hall–Kier alpha value is -1.26. The van der Waals surface area contributed by atoms with E-state index in [-0.39, 0.29) is 0 Å². The van der Waals surface area contributed by atoms with Crippen molar-refractivity contribution in [3.63, 3.8) is 0 Å². The predicted molar refractivity (Wildman–Crippen MR) is 50.8 cm³/mol. The summed E-state index contributed by atoms with van der Waals surface area (Å²) in [5.41, 5.74) is 0. The van der Waals surface area contributed by atoms with Crippen LogP contribution >= 0.6 is 11.6 Å². The Balaban J connectivity index is 1.78. The summed E-state index contributed by atoms with van der Waals surface area (Å²) in [5.74, 6) is 1.59. The molecule has 2 heterocycles. The van der Waals surface area contributed by atoms with Crippen LogP contribution in [0.5, 0.6) is 0 Å². The van der Waals surface area contributed by atoms with Crippen molar-refractivity contribution in [2.24, 2.45) is 0 Å². The molecule has 0 radical (unpaired) electrons. The Morgan fingerprint density at radius 2 is 2.07 bits per heavy atom. The van der Waals surface area contributed by atoms with Gasteiger partial charge in [-0.25, -0.2) is 0 Å². The fraction of sp³-hybridized carbons (Fsp3) is 0.222. The zero-order valence-corrected chi connectivity index (χ0v) is 8.12. The van der Waals surface area contributed by atoms with E-state index in [9.17, 15) is 0 Å². The molecule has 0 aliphatic heterocycles. The van der Waals surface area contributed by atoms with Crippen LogP contribution in [0.2, 0.25) is 5.22 Å². The van der Waals surface area contributed by atoms with Crippen molar-refractivity contribution in [3.05, 3.63) is 41.1 Å². The van der Waals surface area contributed by atoms with Crippen molar-refractivity contribution in [1.29, 1.82) is 0 Å². The molecule has 0 saturated heterocycles. The topological polar surface area (TPSA) is 51.2 Å². The van der Waals surface area contributed by atoms with Crippen LogP contribution in [0.3, 0.4) is 0 Å². The molecular weight excluding hydrogens is 204 g/mol. The predicted octanol–water partition coefficient (Wildman–Crippen LogP) is 2.21. The van der Waals surface area contributed by atoms with E-state index >= 15 is 0 Å². The normalized spacial score (nSPS) is 10.6. The number of nitrogens with zero attached hydrogens (tertiary/aromatic N) is 1. The smallest absolute Gasteiger partial charge is 0.193 e. The van der Waals surface area contributed by atoms with Gasteiger partial charge in [-0.15, -0.1) is 0 Å². The number of furan rings is 1. The summed E-state index contributed by atoms with van der Waals surface area (Å²) in [6, 6.07) is 5.35. The molecule has 2 aromatic rings. The first-order valence-corrected chi connectivity index (χ1v) is 4.57. The standard InChI is InChI=1S/C9H9ClN2O2/c10-9-2-1-7(13-9)5-11-6-8-3-4-12-14-8/h1-4,11H,5-6H2.